The Balaban J connectivity index is 1.65. The van der Waals surface area contributed by atoms with Gasteiger partial charge in [0.1, 0.15) is 5.75 Å². The van der Waals surface area contributed by atoms with Crippen LogP contribution in [0.25, 0.3) is 0 Å². The summed E-state index contributed by atoms with van der Waals surface area (Å²) in [6, 6.07) is 7.88. The lowest BCUT2D eigenvalue weighted by atomic mass is 9.81. The third-order valence-electron chi connectivity index (χ3n) is 5.44. The van der Waals surface area contributed by atoms with Gasteiger partial charge < -0.3 is 20.3 Å². The molecule has 0 bridgehead atoms. The van der Waals surface area contributed by atoms with Crippen LogP contribution in [0.5, 0.6) is 5.75 Å². The molecule has 6 heteroatoms. The number of nitrogens with zero attached hydrogens (tertiary/aromatic N) is 1. The number of para-hydroxylation sites is 1. The monoisotopic (exact) mass is 389 g/mol. The maximum atomic E-state index is 12.4. The number of amides is 2. The first kappa shape index (κ1) is 22.2. The van der Waals surface area contributed by atoms with Crippen molar-refractivity contribution in [3.8, 4) is 5.75 Å². The van der Waals surface area contributed by atoms with E-state index in [9.17, 15) is 9.59 Å². The van der Waals surface area contributed by atoms with Crippen LogP contribution in [0.15, 0.2) is 24.3 Å². The van der Waals surface area contributed by atoms with E-state index < -0.39 is 0 Å². The molecule has 1 aliphatic carbocycles. The summed E-state index contributed by atoms with van der Waals surface area (Å²) in [5, 5.41) is 6.09. The Morgan fingerprint density at radius 1 is 1.00 bits per heavy atom. The summed E-state index contributed by atoms with van der Waals surface area (Å²) in [7, 11) is 5.73. The van der Waals surface area contributed by atoms with Crippen molar-refractivity contribution in [3.05, 3.63) is 29.8 Å². The van der Waals surface area contributed by atoms with Crippen LogP contribution in [-0.4, -0.2) is 57.6 Å². The number of carbonyl (C=O) groups excluding carboxylic acids is 2. The van der Waals surface area contributed by atoms with Crippen LogP contribution in [0.3, 0.4) is 0 Å². The van der Waals surface area contributed by atoms with Gasteiger partial charge >= 0.3 is 0 Å². The van der Waals surface area contributed by atoms with Crippen LogP contribution >= 0.6 is 0 Å². The van der Waals surface area contributed by atoms with Gasteiger partial charge in [0.2, 0.25) is 11.8 Å². The average Bonchev–Trinajstić information content (AvgIpc) is 2.71. The fourth-order valence-electron chi connectivity index (χ4n) is 3.74. The molecule has 0 aromatic heterocycles. The zero-order chi connectivity index (χ0) is 20.4. The molecule has 0 unspecified atom stereocenters. The Labute approximate surface area is 169 Å². The third kappa shape index (κ3) is 7.15. The fraction of sp³-hybridized carbons (Fsp3) is 0.636. The molecule has 0 heterocycles. The van der Waals surface area contributed by atoms with Crippen molar-refractivity contribution < 1.29 is 14.3 Å². The highest BCUT2D eigenvalue weighted by molar-refractivity contribution is 5.81. The maximum absolute atomic E-state index is 12.4. The number of rotatable bonds is 10. The summed E-state index contributed by atoms with van der Waals surface area (Å²) < 4.78 is 5.35. The molecule has 1 aliphatic rings. The molecule has 2 amide bonds. The van der Waals surface area contributed by atoms with E-state index >= 15 is 0 Å². The van der Waals surface area contributed by atoms with E-state index in [-0.39, 0.29) is 23.7 Å². The second kappa shape index (κ2) is 11.7. The first-order valence-corrected chi connectivity index (χ1v) is 10.3. The zero-order valence-corrected chi connectivity index (χ0v) is 17.5. The average molecular weight is 390 g/mol. The number of benzene rings is 1. The normalized spacial score (nSPS) is 19.3. The van der Waals surface area contributed by atoms with E-state index in [0.29, 0.717) is 6.54 Å². The molecular formula is C22H35N3O3. The zero-order valence-electron chi connectivity index (χ0n) is 17.5. The fourth-order valence-corrected chi connectivity index (χ4v) is 3.74. The van der Waals surface area contributed by atoms with Crippen molar-refractivity contribution in [2.75, 3.05) is 40.8 Å². The number of hydrogen-bond donors (Lipinski definition) is 2. The third-order valence-corrected chi connectivity index (χ3v) is 5.44. The number of nitrogens with one attached hydrogen (secondary N) is 2. The Morgan fingerprint density at radius 2 is 1.57 bits per heavy atom. The van der Waals surface area contributed by atoms with Crippen molar-refractivity contribution in [3.63, 3.8) is 0 Å². The van der Waals surface area contributed by atoms with Crippen LogP contribution in [0, 0.1) is 11.8 Å². The number of carbonyl (C=O) groups is 2. The first-order chi connectivity index (χ1) is 13.5. The molecule has 1 aromatic rings. The predicted octanol–water partition coefficient (Wildman–Crippen LogP) is 2.23. The van der Waals surface area contributed by atoms with Crippen molar-refractivity contribution in [1.82, 2.24) is 15.5 Å². The van der Waals surface area contributed by atoms with Gasteiger partial charge in [-0.05, 0) is 70.8 Å². The predicted molar refractivity (Wildman–Crippen MR) is 111 cm³/mol. The van der Waals surface area contributed by atoms with Crippen LogP contribution < -0.4 is 15.4 Å². The van der Waals surface area contributed by atoms with Crippen LogP contribution in [-0.2, 0) is 16.0 Å². The van der Waals surface area contributed by atoms with E-state index in [1.54, 1.807) is 7.11 Å². The molecule has 0 spiro atoms. The van der Waals surface area contributed by atoms with Gasteiger partial charge in [0.25, 0.3) is 0 Å². The summed E-state index contributed by atoms with van der Waals surface area (Å²) in [6.45, 7) is 2.30. The summed E-state index contributed by atoms with van der Waals surface area (Å²) in [6.07, 6.45) is 4.88. The quantitative estimate of drug-likeness (QED) is 0.602. The minimum Gasteiger partial charge on any atom is -0.496 e. The van der Waals surface area contributed by atoms with E-state index in [1.165, 1.54) is 0 Å². The summed E-state index contributed by atoms with van der Waals surface area (Å²) in [5.41, 5.74) is 1.10. The molecule has 1 saturated carbocycles. The minimum atomic E-state index is 0.0236. The van der Waals surface area contributed by atoms with E-state index in [0.717, 1.165) is 62.9 Å². The van der Waals surface area contributed by atoms with Gasteiger partial charge in [0.15, 0.2) is 0 Å². The minimum absolute atomic E-state index is 0.0236. The van der Waals surface area contributed by atoms with Gasteiger partial charge in [-0.15, -0.1) is 0 Å². The van der Waals surface area contributed by atoms with E-state index in [4.69, 9.17) is 4.74 Å². The molecule has 2 rings (SSSR count). The number of methoxy groups -OCH3 is 1. The molecule has 156 valence electrons. The summed E-state index contributed by atoms with van der Waals surface area (Å²) in [5.74, 6) is 1.19. The Bertz CT molecular complexity index is 625. The Morgan fingerprint density at radius 3 is 2.14 bits per heavy atom. The first-order valence-electron chi connectivity index (χ1n) is 10.3. The van der Waals surface area contributed by atoms with Crippen molar-refractivity contribution in [1.29, 1.82) is 0 Å². The highest BCUT2D eigenvalue weighted by atomic mass is 16.5. The Kier molecular flexibility index (Phi) is 9.28. The summed E-state index contributed by atoms with van der Waals surface area (Å²) >= 11 is 0. The molecule has 0 atom stereocenters. The molecule has 2 N–H and O–H groups in total. The van der Waals surface area contributed by atoms with Crippen LogP contribution in [0.2, 0.25) is 0 Å². The van der Waals surface area contributed by atoms with Crippen molar-refractivity contribution in [2.45, 2.75) is 38.5 Å². The molecule has 0 saturated heterocycles. The lowest BCUT2D eigenvalue weighted by Crippen LogP contribution is -2.38. The van der Waals surface area contributed by atoms with Gasteiger partial charge in [0.05, 0.1) is 7.11 Å². The lowest BCUT2D eigenvalue weighted by molar-refractivity contribution is -0.130. The largest absolute Gasteiger partial charge is 0.496 e. The molecule has 1 fully saturated rings. The maximum Gasteiger partial charge on any atom is 0.223 e. The second-order valence-corrected chi connectivity index (χ2v) is 7.85. The second-order valence-electron chi connectivity index (χ2n) is 7.85. The molecule has 28 heavy (non-hydrogen) atoms. The highest BCUT2D eigenvalue weighted by Gasteiger charge is 2.29. The van der Waals surface area contributed by atoms with E-state index in [1.807, 2.05) is 38.4 Å². The molecule has 0 aliphatic heterocycles. The Hall–Kier alpha value is -2.08. The van der Waals surface area contributed by atoms with Crippen LogP contribution in [0.4, 0.5) is 0 Å². The topological polar surface area (TPSA) is 70.7 Å². The standard InChI is InChI=1S/C22H35N3O3/c1-25(2)16-6-14-23-21(26)18-9-11-19(12-10-18)22(27)24-15-13-17-7-4-5-8-20(17)28-3/h4-5,7-8,18-19H,6,9-16H2,1-3H3,(H,23,26)(H,24,27). The highest BCUT2D eigenvalue weighted by Crippen LogP contribution is 2.29. The molecule has 1 aromatic carbocycles. The van der Waals surface area contributed by atoms with Crippen molar-refractivity contribution >= 4 is 11.8 Å². The lowest BCUT2D eigenvalue weighted by Gasteiger charge is -2.27. The van der Waals surface area contributed by atoms with E-state index in [2.05, 4.69) is 15.5 Å². The molecule has 0 radical (unpaired) electrons. The van der Waals surface area contributed by atoms with Crippen LogP contribution in [0.1, 0.15) is 37.7 Å². The number of ether oxygens (including phenoxy) is 1. The SMILES string of the molecule is COc1ccccc1CCNC(=O)C1CCC(C(=O)NCCCN(C)C)CC1. The molecular weight excluding hydrogens is 354 g/mol. The van der Waals surface area contributed by atoms with Gasteiger partial charge in [0, 0.05) is 24.9 Å². The smallest absolute Gasteiger partial charge is 0.223 e. The van der Waals surface area contributed by atoms with Gasteiger partial charge in [-0.1, -0.05) is 18.2 Å². The van der Waals surface area contributed by atoms with Crippen molar-refractivity contribution in [2.24, 2.45) is 11.8 Å². The van der Waals surface area contributed by atoms with Gasteiger partial charge in [-0.3, -0.25) is 9.59 Å². The van der Waals surface area contributed by atoms with Gasteiger partial charge in [-0.25, -0.2) is 0 Å². The number of hydrogen-bond acceptors (Lipinski definition) is 4. The van der Waals surface area contributed by atoms with Gasteiger partial charge in [-0.2, -0.15) is 0 Å². The summed E-state index contributed by atoms with van der Waals surface area (Å²) in [4.78, 5) is 26.8. The molecule has 6 nitrogen and oxygen atoms in total.